The van der Waals surface area contributed by atoms with Gasteiger partial charge in [0.25, 0.3) is 0 Å². The van der Waals surface area contributed by atoms with E-state index in [4.69, 9.17) is 4.74 Å². The molecule has 1 saturated heterocycles. The quantitative estimate of drug-likeness (QED) is 0.917. The first-order chi connectivity index (χ1) is 11.1. The van der Waals surface area contributed by atoms with Crippen molar-refractivity contribution in [3.05, 3.63) is 53.6 Å². The van der Waals surface area contributed by atoms with E-state index in [9.17, 15) is 9.18 Å². The van der Waals surface area contributed by atoms with Crippen molar-refractivity contribution in [3.63, 3.8) is 0 Å². The molecule has 2 atom stereocenters. The van der Waals surface area contributed by atoms with Crippen molar-refractivity contribution in [3.8, 4) is 0 Å². The highest BCUT2D eigenvalue weighted by molar-refractivity contribution is 5.78. The first-order valence-corrected chi connectivity index (χ1v) is 7.73. The number of benzene rings is 1. The molecule has 1 aliphatic heterocycles. The van der Waals surface area contributed by atoms with Crippen molar-refractivity contribution in [2.45, 2.75) is 18.9 Å². The Hall–Kier alpha value is -2.21. The van der Waals surface area contributed by atoms with Gasteiger partial charge in [0.1, 0.15) is 5.82 Å². The summed E-state index contributed by atoms with van der Waals surface area (Å²) in [5, 5.41) is 7.06. The van der Waals surface area contributed by atoms with Gasteiger partial charge in [0.15, 0.2) is 0 Å². The van der Waals surface area contributed by atoms with Gasteiger partial charge in [-0.2, -0.15) is 5.10 Å². The average Bonchev–Trinajstić information content (AvgIpc) is 3.16. The molecule has 5 nitrogen and oxygen atoms in total. The zero-order chi connectivity index (χ0) is 16.2. The molecule has 1 aliphatic rings. The molecule has 1 fully saturated rings. The Morgan fingerprint density at radius 3 is 3.04 bits per heavy atom. The molecule has 2 aromatic rings. The molecule has 6 heteroatoms. The Labute approximate surface area is 134 Å². The van der Waals surface area contributed by atoms with Gasteiger partial charge in [0, 0.05) is 37.9 Å². The van der Waals surface area contributed by atoms with Gasteiger partial charge in [-0.3, -0.25) is 9.48 Å². The van der Waals surface area contributed by atoms with Crippen LogP contribution >= 0.6 is 0 Å². The van der Waals surface area contributed by atoms with Crippen LogP contribution in [0.25, 0.3) is 0 Å². The largest absolute Gasteiger partial charge is 0.373 e. The van der Waals surface area contributed by atoms with Crippen LogP contribution in [0.15, 0.2) is 36.7 Å². The maximum absolute atomic E-state index is 13.6. The smallest absolute Gasteiger partial charge is 0.224 e. The lowest BCUT2D eigenvalue weighted by Crippen LogP contribution is -2.31. The highest BCUT2D eigenvalue weighted by atomic mass is 19.1. The third-order valence-corrected chi connectivity index (χ3v) is 4.14. The monoisotopic (exact) mass is 317 g/mol. The number of aryl methyl sites for hydroxylation is 1. The molecule has 1 aromatic carbocycles. The molecule has 1 N–H and O–H groups in total. The van der Waals surface area contributed by atoms with Crippen molar-refractivity contribution < 1.29 is 13.9 Å². The number of hydrogen-bond acceptors (Lipinski definition) is 3. The first kappa shape index (κ1) is 15.7. The van der Waals surface area contributed by atoms with Gasteiger partial charge in [0.2, 0.25) is 5.91 Å². The van der Waals surface area contributed by atoms with Crippen LogP contribution in [-0.4, -0.2) is 28.8 Å². The molecule has 3 rings (SSSR count). The molecular weight excluding hydrogens is 297 g/mol. The lowest BCUT2D eigenvalue weighted by Gasteiger charge is -2.17. The Morgan fingerprint density at radius 1 is 1.48 bits per heavy atom. The number of aromatic nitrogens is 2. The fourth-order valence-electron chi connectivity index (χ4n) is 2.92. The summed E-state index contributed by atoms with van der Waals surface area (Å²) < 4.78 is 21.1. The molecule has 0 unspecified atom stereocenters. The second-order valence-corrected chi connectivity index (χ2v) is 5.86. The maximum Gasteiger partial charge on any atom is 0.224 e. The number of halogens is 1. The van der Waals surface area contributed by atoms with Gasteiger partial charge in [0.05, 0.1) is 18.7 Å². The van der Waals surface area contributed by atoms with Gasteiger partial charge in [-0.1, -0.05) is 18.2 Å². The number of carbonyl (C=O) groups excluding carboxylic acids is 1. The van der Waals surface area contributed by atoms with Gasteiger partial charge < -0.3 is 10.1 Å². The van der Waals surface area contributed by atoms with Crippen LogP contribution in [-0.2, 0) is 23.0 Å². The molecule has 23 heavy (non-hydrogen) atoms. The van der Waals surface area contributed by atoms with Crippen LogP contribution in [0.5, 0.6) is 0 Å². The zero-order valence-corrected chi connectivity index (χ0v) is 13.0. The van der Waals surface area contributed by atoms with Crippen LogP contribution in [0, 0.1) is 11.7 Å². The van der Waals surface area contributed by atoms with Crippen LogP contribution in [0.4, 0.5) is 4.39 Å². The molecular formula is C17H20FN3O2. The van der Waals surface area contributed by atoms with Crippen molar-refractivity contribution in [1.29, 1.82) is 0 Å². The predicted molar refractivity (Wildman–Crippen MR) is 83.1 cm³/mol. The summed E-state index contributed by atoms with van der Waals surface area (Å²) in [6.45, 7) is 1.19. The summed E-state index contributed by atoms with van der Waals surface area (Å²) >= 11 is 0. The van der Waals surface area contributed by atoms with E-state index < -0.39 is 0 Å². The van der Waals surface area contributed by atoms with Crippen LogP contribution in [0.2, 0.25) is 0 Å². The fourth-order valence-corrected chi connectivity index (χ4v) is 2.92. The molecule has 2 heterocycles. The van der Waals surface area contributed by atoms with Crippen molar-refractivity contribution in [1.82, 2.24) is 15.1 Å². The second kappa shape index (κ2) is 6.91. The van der Waals surface area contributed by atoms with Crippen molar-refractivity contribution in [2.24, 2.45) is 13.0 Å². The van der Waals surface area contributed by atoms with E-state index in [0.29, 0.717) is 18.7 Å². The van der Waals surface area contributed by atoms with Gasteiger partial charge in [-0.15, -0.1) is 0 Å². The van der Waals surface area contributed by atoms with Gasteiger partial charge in [-0.25, -0.2) is 4.39 Å². The summed E-state index contributed by atoms with van der Waals surface area (Å²) in [6, 6.07) is 6.35. The SMILES string of the molecule is Cn1cc([C@@H]2OCC[C@H]2CNC(=O)Cc2ccccc2F)cn1. The van der Waals surface area contributed by atoms with E-state index in [2.05, 4.69) is 10.4 Å². The number of hydrogen-bond donors (Lipinski definition) is 1. The summed E-state index contributed by atoms with van der Waals surface area (Å²) in [7, 11) is 1.86. The highest BCUT2D eigenvalue weighted by Crippen LogP contribution is 2.33. The molecule has 0 spiro atoms. The fraction of sp³-hybridized carbons (Fsp3) is 0.412. The first-order valence-electron chi connectivity index (χ1n) is 7.73. The number of nitrogens with zero attached hydrogens (tertiary/aromatic N) is 2. The molecule has 1 aromatic heterocycles. The summed E-state index contributed by atoms with van der Waals surface area (Å²) in [5.74, 6) is -0.309. The lowest BCUT2D eigenvalue weighted by molar-refractivity contribution is -0.120. The van der Waals surface area contributed by atoms with E-state index in [1.165, 1.54) is 6.07 Å². The number of nitrogens with one attached hydrogen (secondary N) is 1. The lowest BCUT2D eigenvalue weighted by atomic mass is 9.97. The van der Waals surface area contributed by atoms with Crippen LogP contribution in [0.1, 0.15) is 23.7 Å². The maximum atomic E-state index is 13.6. The van der Waals surface area contributed by atoms with Crippen LogP contribution in [0.3, 0.4) is 0 Å². The molecule has 0 aliphatic carbocycles. The molecule has 1 amide bonds. The Balaban J connectivity index is 1.55. The van der Waals surface area contributed by atoms with Crippen LogP contribution < -0.4 is 5.32 Å². The molecule has 122 valence electrons. The summed E-state index contributed by atoms with van der Waals surface area (Å²) in [6.07, 6.45) is 4.63. The third-order valence-electron chi connectivity index (χ3n) is 4.14. The topological polar surface area (TPSA) is 56.1 Å². The second-order valence-electron chi connectivity index (χ2n) is 5.86. The minimum Gasteiger partial charge on any atom is -0.373 e. The average molecular weight is 317 g/mol. The Morgan fingerprint density at radius 2 is 2.30 bits per heavy atom. The van der Waals surface area contributed by atoms with Crippen molar-refractivity contribution >= 4 is 5.91 Å². The Kier molecular flexibility index (Phi) is 4.71. The minimum absolute atomic E-state index is 0.0440. The summed E-state index contributed by atoms with van der Waals surface area (Å²) in [4.78, 5) is 12.0. The number of amides is 1. The zero-order valence-electron chi connectivity index (χ0n) is 13.0. The number of carbonyl (C=O) groups is 1. The molecule has 0 bridgehead atoms. The van der Waals surface area contributed by atoms with E-state index in [1.807, 2.05) is 13.2 Å². The Bertz CT molecular complexity index is 686. The van der Waals surface area contributed by atoms with E-state index in [0.717, 1.165) is 12.0 Å². The van der Waals surface area contributed by atoms with E-state index in [-0.39, 0.29) is 30.2 Å². The normalized spacial score (nSPS) is 20.6. The number of rotatable bonds is 5. The number of ether oxygens (including phenoxy) is 1. The predicted octanol–water partition coefficient (Wildman–Crippen LogP) is 2.00. The minimum atomic E-state index is -0.347. The van der Waals surface area contributed by atoms with Gasteiger partial charge in [-0.05, 0) is 18.1 Å². The highest BCUT2D eigenvalue weighted by Gasteiger charge is 2.30. The molecule has 0 radical (unpaired) electrons. The van der Waals surface area contributed by atoms with E-state index in [1.54, 1.807) is 29.1 Å². The third kappa shape index (κ3) is 3.76. The van der Waals surface area contributed by atoms with Gasteiger partial charge >= 0.3 is 0 Å². The van der Waals surface area contributed by atoms with E-state index >= 15 is 0 Å². The molecule has 0 saturated carbocycles. The standard InChI is InChI=1S/C17H20FN3O2/c1-21-11-14(10-20-21)17-13(6-7-23-17)9-19-16(22)8-12-4-2-3-5-15(12)18/h2-5,10-11,13,17H,6-9H2,1H3,(H,19,22)/t13-,17+/m0/s1. The van der Waals surface area contributed by atoms with Crippen molar-refractivity contribution in [2.75, 3.05) is 13.2 Å². The summed E-state index contributed by atoms with van der Waals surface area (Å²) in [5.41, 5.74) is 1.44.